The fraction of sp³-hybridized carbons (Fsp3) is 0.590. The van der Waals surface area contributed by atoms with Crippen molar-refractivity contribution in [2.75, 3.05) is 66.5 Å². The van der Waals surface area contributed by atoms with Crippen molar-refractivity contribution in [2.24, 2.45) is 0 Å². The molecular weight excluding hydrogens is 794 g/mol. The van der Waals surface area contributed by atoms with E-state index < -0.39 is 74.3 Å². The highest BCUT2D eigenvalue weighted by molar-refractivity contribution is 5.86. The zero-order valence-corrected chi connectivity index (χ0v) is 34.7. The first-order chi connectivity index (χ1) is 27.3. The largest absolute Gasteiger partial charge is 0.480 e. The molecule has 2 aromatic carbocycles. The number of carbonyl (C=O) groups is 4. The standard InChI is InChI=1S/C19H27FN4O5.C14H17FN2O6.C5H12N2.CH4/c1-19(2,3)29-18(26)21-15(17(25)23-9-7-22(4)8-10-23)12-13-5-6-16(24(27)28)14(20)11-13;1-14(2,3)23-13(20)16-10(12(18)19)7-8-4-5-11(17(21)22)9(15)6-8;1-7-4-2-6-3-5-7;/h5-6,11,15H,7-10,12H2,1-4H3,(H,21,26);4-6,10H,7H2,1-3H3,(H,16,20)(H,18,19);6H,2-5H2,1H3;1H4/t15-;10-;;/m11../s1. The summed E-state index contributed by atoms with van der Waals surface area (Å²) in [6.45, 7) is 17.1. The van der Waals surface area contributed by atoms with E-state index in [1.54, 1.807) is 46.4 Å². The Bertz CT molecular complexity index is 1780. The Morgan fingerprint density at radius 1 is 0.733 bits per heavy atom. The van der Waals surface area contributed by atoms with E-state index in [0.717, 1.165) is 37.4 Å². The van der Waals surface area contributed by atoms with Crippen LogP contribution in [0.1, 0.15) is 60.1 Å². The summed E-state index contributed by atoms with van der Waals surface area (Å²) in [5, 5.41) is 38.5. The van der Waals surface area contributed by atoms with Gasteiger partial charge in [-0.05, 0) is 78.9 Å². The minimum atomic E-state index is -1.36. The number of nitrogens with one attached hydrogen (secondary N) is 3. The zero-order chi connectivity index (χ0) is 44.7. The van der Waals surface area contributed by atoms with Crippen LogP contribution in [0.3, 0.4) is 0 Å². The first-order valence-electron chi connectivity index (χ1n) is 18.8. The number of carboxylic acid groups (broad SMARTS) is 1. The fourth-order valence-electron chi connectivity index (χ4n) is 5.45. The van der Waals surface area contributed by atoms with Crippen molar-refractivity contribution in [3.63, 3.8) is 0 Å². The van der Waals surface area contributed by atoms with Gasteiger partial charge in [0.15, 0.2) is 0 Å². The number of ether oxygens (including phenoxy) is 2. The van der Waals surface area contributed by atoms with Crippen LogP contribution in [-0.2, 0) is 31.9 Å². The number of aliphatic carboxylic acids is 1. The Hall–Kier alpha value is -5.54. The Morgan fingerprint density at radius 3 is 1.45 bits per heavy atom. The number of likely N-dealkylation sites (N-methyl/N-ethyl adjacent to an activating group) is 2. The lowest BCUT2D eigenvalue weighted by molar-refractivity contribution is -0.387. The topological polar surface area (TPSA) is 239 Å². The molecule has 0 radical (unpaired) electrons. The Balaban J connectivity index is 0.000000516. The lowest BCUT2D eigenvalue weighted by Crippen LogP contribution is -2.55. The summed E-state index contributed by atoms with van der Waals surface area (Å²) in [4.78, 5) is 73.8. The molecule has 2 saturated heterocycles. The molecule has 0 unspecified atom stereocenters. The molecule has 0 aromatic heterocycles. The van der Waals surface area contributed by atoms with Gasteiger partial charge in [0.2, 0.25) is 17.5 Å². The van der Waals surface area contributed by atoms with E-state index in [4.69, 9.17) is 14.6 Å². The number of alkyl carbamates (subject to hydrolysis) is 2. The van der Waals surface area contributed by atoms with Gasteiger partial charge in [-0.3, -0.25) is 25.0 Å². The summed E-state index contributed by atoms with van der Waals surface area (Å²) in [6.07, 6.45) is -1.94. The summed E-state index contributed by atoms with van der Waals surface area (Å²) in [6, 6.07) is 4.15. The van der Waals surface area contributed by atoms with Crippen molar-refractivity contribution >= 4 is 35.4 Å². The molecule has 0 bridgehead atoms. The predicted molar refractivity (Wildman–Crippen MR) is 219 cm³/mol. The number of hydrogen-bond donors (Lipinski definition) is 4. The number of nitro groups is 2. The lowest BCUT2D eigenvalue weighted by Gasteiger charge is -2.35. The van der Waals surface area contributed by atoms with Crippen molar-refractivity contribution in [2.45, 2.75) is 85.1 Å². The molecule has 60 heavy (non-hydrogen) atoms. The maximum absolute atomic E-state index is 14.0. The number of benzene rings is 2. The van der Waals surface area contributed by atoms with Gasteiger partial charge >= 0.3 is 29.5 Å². The van der Waals surface area contributed by atoms with Crippen molar-refractivity contribution in [1.29, 1.82) is 0 Å². The highest BCUT2D eigenvalue weighted by Gasteiger charge is 2.31. The molecule has 2 atom stereocenters. The van der Waals surface area contributed by atoms with E-state index >= 15 is 0 Å². The number of rotatable bonds is 10. The Labute approximate surface area is 349 Å². The quantitative estimate of drug-likeness (QED) is 0.192. The molecule has 2 aliphatic rings. The molecule has 4 N–H and O–H groups in total. The maximum atomic E-state index is 14.0. The zero-order valence-electron chi connectivity index (χ0n) is 34.7. The van der Waals surface area contributed by atoms with Crippen LogP contribution in [0.4, 0.5) is 29.7 Å². The molecule has 0 saturated carbocycles. The SMILES string of the molecule is C.CC(C)(C)OC(=O)N[C@H](Cc1ccc([N+](=O)[O-])c(F)c1)C(=O)O.CN1CCN(C(=O)[C@@H](Cc2ccc([N+](=O)[O-])c(F)c2)NC(=O)OC(C)(C)C)CC1.CN1CCNCC1. The second-order valence-corrected chi connectivity index (χ2v) is 15.9. The third-order valence-electron chi connectivity index (χ3n) is 8.43. The van der Waals surface area contributed by atoms with Crippen LogP contribution in [0.5, 0.6) is 0 Å². The van der Waals surface area contributed by atoms with Crippen LogP contribution < -0.4 is 16.0 Å². The van der Waals surface area contributed by atoms with Crippen LogP contribution in [0.25, 0.3) is 0 Å². The van der Waals surface area contributed by atoms with E-state index in [9.17, 15) is 48.2 Å². The molecular formula is C39H60F2N8O11. The fourth-order valence-corrected chi connectivity index (χ4v) is 5.45. The first kappa shape index (κ1) is 52.5. The summed E-state index contributed by atoms with van der Waals surface area (Å²) >= 11 is 0. The van der Waals surface area contributed by atoms with E-state index in [1.165, 1.54) is 25.2 Å². The number of nitro benzene ring substituents is 2. The minimum absolute atomic E-state index is 0. The van der Waals surface area contributed by atoms with Gasteiger partial charge in [0.05, 0.1) is 9.85 Å². The van der Waals surface area contributed by atoms with Gasteiger partial charge in [-0.25, -0.2) is 14.4 Å². The third kappa shape index (κ3) is 19.5. The van der Waals surface area contributed by atoms with Gasteiger partial charge in [-0.2, -0.15) is 8.78 Å². The van der Waals surface area contributed by atoms with Crippen molar-refractivity contribution in [3.8, 4) is 0 Å². The lowest BCUT2D eigenvalue weighted by atomic mass is 10.0. The second-order valence-electron chi connectivity index (χ2n) is 15.9. The minimum Gasteiger partial charge on any atom is -0.480 e. The van der Waals surface area contributed by atoms with Gasteiger partial charge in [0.25, 0.3) is 0 Å². The third-order valence-corrected chi connectivity index (χ3v) is 8.43. The summed E-state index contributed by atoms with van der Waals surface area (Å²) in [5.74, 6) is -3.71. The highest BCUT2D eigenvalue weighted by Crippen LogP contribution is 2.21. The monoisotopic (exact) mass is 854 g/mol. The van der Waals surface area contributed by atoms with Crippen LogP contribution in [0.2, 0.25) is 0 Å². The number of carboxylic acids is 1. The van der Waals surface area contributed by atoms with Gasteiger partial charge in [0, 0.05) is 77.3 Å². The normalized spacial score (nSPS) is 15.5. The first-order valence-corrected chi connectivity index (χ1v) is 18.8. The van der Waals surface area contributed by atoms with Gasteiger partial charge in [-0.1, -0.05) is 19.6 Å². The molecule has 3 amide bonds. The van der Waals surface area contributed by atoms with E-state index in [-0.39, 0.29) is 31.7 Å². The maximum Gasteiger partial charge on any atom is 0.408 e. The second kappa shape index (κ2) is 23.9. The number of amides is 3. The molecule has 21 heteroatoms. The number of halogens is 2. The van der Waals surface area contributed by atoms with Crippen LogP contribution in [-0.4, -0.2) is 143 Å². The highest BCUT2D eigenvalue weighted by atomic mass is 19.1. The Kier molecular flexibility index (Phi) is 20.9. The predicted octanol–water partition coefficient (Wildman–Crippen LogP) is 4.36. The molecule has 336 valence electrons. The van der Waals surface area contributed by atoms with Crippen molar-refractivity contribution < 1.29 is 52.4 Å². The van der Waals surface area contributed by atoms with Crippen LogP contribution >= 0.6 is 0 Å². The summed E-state index contributed by atoms with van der Waals surface area (Å²) in [5.41, 5.74) is -2.35. The van der Waals surface area contributed by atoms with Gasteiger partial charge < -0.3 is 45.2 Å². The van der Waals surface area contributed by atoms with Crippen LogP contribution in [0.15, 0.2) is 36.4 Å². The Morgan fingerprint density at radius 2 is 1.12 bits per heavy atom. The average molecular weight is 855 g/mol. The molecule has 4 rings (SSSR count). The summed E-state index contributed by atoms with van der Waals surface area (Å²) in [7, 11) is 4.11. The molecule has 2 aromatic rings. The van der Waals surface area contributed by atoms with E-state index in [0.29, 0.717) is 31.7 Å². The van der Waals surface area contributed by atoms with Crippen LogP contribution in [0, 0.1) is 31.9 Å². The molecule has 0 aliphatic carbocycles. The number of carbonyl (C=O) groups excluding carboxylic acids is 3. The summed E-state index contributed by atoms with van der Waals surface area (Å²) < 4.78 is 37.7. The van der Waals surface area contributed by atoms with Crippen molar-refractivity contribution in [1.82, 2.24) is 30.7 Å². The number of nitrogens with zero attached hydrogens (tertiary/aromatic N) is 5. The molecule has 19 nitrogen and oxygen atoms in total. The number of hydrogen-bond acceptors (Lipinski definition) is 13. The molecule has 2 aliphatic heterocycles. The molecule has 0 spiro atoms. The van der Waals surface area contributed by atoms with Gasteiger partial charge in [0.1, 0.15) is 23.3 Å². The van der Waals surface area contributed by atoms with E-state index in [1.807, 2.05) is 7.05 Å². The smallest absolute Gasteiger partial charge is 0.408 e. The number of piperazine rings is 2. The van der Waals surface area contributed by atoms with E-state index in [2.05, 4.69) is 32.8 Å². The molecule has 2 heterocycles. The molecule has 2 fully saturated rings. The van der Waals surface area contributed by atoms with Crippen molar-refractivity contribution in [3.05, 3.63) is 79.4 Å². The average Bonchev–Trinajstić information content (AvgIpc) is 3.10. The van der Waals surface area contributed by atoms with Gasteiger partial charge in [-0.15, -0.1) is 0 Å².